The number of aliphatic hydroxyl groups is 1. The van der Waals surface area contributed by atoms with Gasteiger partial charge in [0.25, 0.3) is 0 Å². The second-order valence-corrected chi connectivity index (χ2v) is 6.92. The molecule has 6 nitrogen and oxygen atoms in total. The Morgan fingerprint density at radius 3 is 2.20 bits per heavy atom. The van der Waals surface area contributed by atoms with Crippen molar-refractivity contribution in [3.05, 3.63) is 0 Å². The maximum absolute atomic E-state index is 11.9. The predicted molar refractivity (Wildman–Crippen MR) is 74.1 cm³/mol. The quantitative estimate of drug-likeness (QED) is 0.476. The van der Waals surface area contributed by atoms with Gasteiger partial charge >= 0.3 is 6.09 Å². The molecule has 0 atom stereocenters. The zero-order valence-corrected chi connectivity index (χ0v) is 13.4. The number of hydrogen-bond donors (Lipinski definition) is 1. The summed E-state index contributed by atoms with van der Waals surface area (Å²) in [5.41, 5.74) is -2.03. The van der Waals surface area contributed by atoms with Gasteiger partial charge in [-0.15, -0.1) is 0 Å². The predicted octanol–water partition coefficient (Wildman–Crippen LogP) is 1.96. The summed E-state index contributed by atoms with van der Waals surface area (Å²) in [5.74, 6) is 0. The van der Waals surface area contributed by atoms with Gasteiger partial charge in [-0.25, -0.2) is 14.6 Å². The van der Waals surface area contributed by atoms with E-state index in [-0.39, 0.29) is 19.7 Å². The number of rotatable bonds is 5. The Bertz CT molecular complexity index is 342. The highest BCUT2D eigenvalue weighted by atomic mass is 17.2. The topological polar surface area (TPSA) is 68.2 Å². The Hall–Kier alpha value is -0.850. The number of carbonyl (C=O) groups excluding carboxylic acids is 1. The third-order valence-corrected chi connectivity index (χ3v) is 3.44. The number of ether oxygens (including phenoxy) is 1. The first kappa shape index (κ1) is 17.2. The van der Waals surface area contributed by atoms with Gasteiger partial charge in [-0.1, -0.05) is 13.8 Å². The fourth-order valence-electron chi connectivity index (χ4n) is 1.88. The molecule has 0 radical (unpaired) electrons. The second kappa shape index (κ2) is 5.87. The molecule has 118 valence electrons. The van der Waals surface area contributed by atoms with Crippen molar-refractivity contribution >= 4 is 6.09 Å². The summed E-state index contributed by atoms with van der Waals surface area (Å²) in [6, 6.07) is 0. The molecule has 0 aromatic rings. The molecule has 1 aliphatic heterocycles. The zero-order valence-electron chi connectivity index (χ0n) is 13.4. The molecule has 1 aliphatic rings. The maximum Gasteiger partial charge on any atom is 0.410 e. The highest BCUT2D eigenvalue weighted by Crippen LogP contribution is 2.39. The van der Waals surface area contributed by atoms with E-state index in [1.54, 1.807) is 0 Å². The van der Waals surface area contributed by atoms with E-state index in [0.29, 0.717) is 6.61 Å². The van der Waals surface area contributed by atoms with E-state index in [1.807, 2.05) is 41.5 Å². The van der Waals surface area contributed by atoms with Crippen molar-refractivity contribution < 1.29 is 24.4 Å². The number of likely N-dealkylation sites (tertiary alicyclic amines) is 1. The van der Waals surface area contributed by atoms with E-state index in [4.69, 9.17) is 14.5 Å². The zero-order chi connectivity index (χ0) is 15.6. The Balaban J connectivity index is 2.49. The van der Waals surface area contributed by atoms with Gasteiger partial charge in [-0.3, -0.25) is 0 Å². The van der Waals surface area contributed by atoms with E-state index in [9.17, 15) is 9.90 Å². The van der Waals surface area contributed by atoms with Crippen molar-refractivity contribution in [2.75, 3.05) is 26.3 Å². The van der Waals surface area contributed by atoms with Crippen molar-refractivity contribution in [2.24, 2.45) is 5.41 Å². The van der Waals surface area contributed by atoms with Gasteiger partial charge in [0.05, 0.1) is 26.3 Å². The summed E-state index contributed by atoms with van der Waals surface area (Å²) >= 11 is 0. The average Bonchev–Trinajstić information content (AvgIpc) is 2.22. The maximum atomic E-state index is 11.9. The molecule has 1 heterocycles. The third kappa shape index (κ3) is 4.07. The molecule has 0 saturated carbocycles. The molecule has 1 rings (SSSR count). The summed E-state index contributed by atoms with van der Waals surface area (Å²) < 4.78 is 5.27. The number of nitrogens with zero attached hydrogens (tertiary/aromatic N) is 1. The normalized spacial score (nSPS) is 18.6. The molecule has 0 bridgehead atoms. The van der Waals surface area contributed by atoms with E-state index in [0.717, 1.165) is 0 Å². The number of β-amino-alcohol motifs (C(OH)–C–C–N with tert-alkyl or cyclic N) is 1. The minimum absolute atomic E-state index is 0.240. The molecule has 1 fully saturated rings. The van der Waals surface area contributed by atoms with Crippen LogP contribution in [0.2, 0.25) is 0 Å². The smallest absolute Gasteiger partial charge is 0.410 e. The van der Waals surface area contributed by atoms with Gasteiger partial charge in [0.2, 0.25) is 0 Å². The largest absolute Gasteiger partial charge is 0.444 e. The summed E-state index contributed by atoms with van der Waals surface area (Å²) in [5, 5.41) is 10.6. The Morgan fingerprint density at radius 1 is 1.20 bits per heavy atom. The summed E-state index contributed by atoms with van der Waals surface area (Å²) in [6.45, 7) is 12.3. The second-order valence-electron chi connectivity index (χ2n) is 6.92. The van der Waals surface area contributed by atoms with Crippen LogP contribution in [0, 0.1) is 5.41 Å². The van der Waals surface area contributed by atoms with Crippen LogP contribution >= 0.6 is 0 Å². The number of amides is 1. The standard InChI is InChI=1S/C14H27NO5/c1-7-18-19-10-13(5,6)14(17)8-15(9-14)11(16)20-12(2,3)4/h17H,7-10H2,1-6H3. The van der Waals surface area contributed by atoms with Crippen LogP contribution in [0.1, 0.15) is 41.5 Å². The lowest BCUT2D eigenvalue weighted by molar-refractivity contribution is -0.321. The first-order chi connectivity index (χ1) is 9.01. The van der Waals surface area contributed by atoms with Crippen molar-refractivity contribution in [2.45, 2.75) is 52.7 Å². The van der Waals surface area contributed by atoms with Gasteiger partial charge in [0.15, 0.2) is 0 Å². The van der Waals surface area contributed by atoms with Crippen LogP contribution in [0.5, 0.6) is 0 Å². The Morgan fingerprint density at radius 2 is 1.75 bits per heavy atom. The van der Waals surface area contributed by atoms with E-state index >= 15 is 0 Å². The lowest BCUT2D eigenvalue weighted by Gasteiger charge is -2.53. The van der Waals surface area contributed by atoms with Crippen LogP contribution in [-0.2, 0) is 14.5 Å². The van der Waals surface area contributed by atoms with Crippen LogP contribution in [0.3, 0.4) is 0 Å². The third-order valence-electron chi connectivity index (χ3n) is 3.44. The van der Waals surface area contributed by atoms with Crippen molar-refractivity contribution in [3.8, 4) is 0 Å². The lowest BCUT2D eigenvalue weighted by Crippen LogP contribution is -2.70. The van der Waals surface area contributed by atoms with Gasteiger partial charge in [-0.05, 0) is 27.7 Å². The molecule has 6 heteroatoms. The first-order valence-corrected chi connectivity index (χ1v) is 6.95. The van der Waals surface area contributed by atoms with Gasteiger partial charge < -0.3 is 14.7 Å². The molecule has 1 saturated heterocycles. The van der Waals surface area contributed by atoms with Crippen LogP contribution in [0.15, 0.2) is 0 Å². The Kier molecular flexibility index (Phi) is 5.05. The first-order valence-electron chi connectivity index (χ1n) is 6.95. The highest BCUT2D eigenvalue weighted by molar-refractivity contribution is 5.69. The minimum atomic E-state index is -0.985. The average molecular weight is 289 g/mol. The number of carbonyl (C=O) groups is 1. The Labute approximate surface area is 120 Å². The molecule has 0 aromatic carbocycles. The molecule has 20 heavy (non-hydrogen) atoms. The number of hydrogen-bond acceptors (Lipinski definition) is 5. The monoisotopic (exact) mass is 289 g/mol. The lowest BCUT2D eigenvalue weighted by atomic mass is 9.71. The van der Waals surface area contributed by atoms with E-state index in [1.165, 1.54) is 4.90 Å². The van der Waals surface area contributed by atoms with Crippen molar-refractivity contribution in [1.82, 2.24) is 4.90 Å². The summed E-state index contributed by atoms with van der Waals surface area (Å²) in [7, 11) is 0. The van der Waals surface area contributed by atoms with E-state index in [2.05, 4.69) is 0 Å². The molecule has 1 amide bonds. The molecule has 1 N–H and O–H groups in total. The summed E-state index contributed by atoms with van der Waals surface area (Å²) in [6.07, 6.45) is -0.399. The molecular formula is C14H27NO5. The van der Waals surface area contributed by atoms with E-state index < -0.39 is 22.7 Å². The van der Waals surface area contributed by atoms with Gasteiger partial charge in [0, 0.05) is 5.41 Å². The molecular weight excluding hydrogens is 262 g/mol. The molecule has 0 aliphatic carbocycles. The van der Waals surface area contributed by atoms with Crippen molar-refractivity contribution in [3.63, 3.8) is 0 Å². The van der Waals surface area contributed by atoms with Crippen LogP contribution in [-0.4, -0.2) is 53.6 Å². The van der Waals surface area contributed by atoms with Crippen LogP contribution in [0.25, 0.3) is 0 Å². The van der Waals surface area contributed by atoms with Crippen LogP contribution in [0.4, 0.5) is 4.79 Å². The minimum Gasteiger partial charge on any atom is -0.444 e. The fourth-order valence-corrected chi connectivity index (χ4v) is 1.88. The fraction of sp³-hybridized carbons (Fsp3) is 0.929. The highest BCUT2D eigenvalue weighted by Gasteiger charge is 2.54. The molecule has 0 spiro atoms. The van der Waals surface area contributed by atoms with Crippen LogP contribution < -0.4 is 0 Å². The molecule has 0 aromatic heterocycles. The van der Waals surface area contributed by atoms with Gasteiger partial charge in [0.1, 0.15) is 11.2 Å². The van der Waals surface area contributed by atoms with Gasteiger partial charge in [-0.2, -0.15) is 0 Å². The summed E-state index contributed by atoms with van der Waals surface area (Å²) in [4.78, 5) is 23.3. The SMILES string of the molecule is CCOOCC(C)(C)C1(O)CN(C(=O)OC(C)(C)C)C1. The van der Waals surface area contributed by atoms with Crippen molar-refractivity contribution in [1.29, 1.82) is 0 Å². The molecule has 0 unspecified atom stereocenters.